The lowest BCUT2D eigenvalue weighted by Gasteiger charge is -2.39. The van der Waals surface area contributed by atoms with Crippen LogP contribution in [-0.4, -0.2) is 18.0 Å². The molecule has 0 radical (unpaired) electrons. The van der Waals surface area contributed by atoms with Crippen LogP contribution < -0.4 is 11.1 Å². The summed E-state index contributed by atoms with van der Waals surface area (Å²) >= 11 is 0. The molecule has 0 aromatic rings. The van der Waals surface area contributed by atoms with Gasteiger partial charge in [0.1, 0.15) is 6.54 Å². The molecule has 0 aliphatic heterocycles. The summed E-state index contributed by atoms with van der Waals surface area (Å²) in [4.78, 5) is 11.7. The first-order valence-corrected chi connectivity index (χ1v) is 5.34. The fraction of sp³-hybridized carbons (Fsp3) is 0.818. The van der Waals surface area contributed by atoms with Crippen molar-refractivity contribution in [3.05, 3.63) is 0 Å². The van der Waals surface area contributed by atoms with Crippen LogP contribution in [0.3, 0.4) is 0 Å². The number of nitriles is 1. The summed E-state index contributed by atoms with van der Waals surface area (Å²) in [5, 5.41) is 10.9. The Bertz CT molecular complexity index is 281. The maximum absolute atomic E-state index is 11.7. The summed E-state index contributed by atoms with van der Waals surface area (Å²) < 4.78 is 0. The van der Waals surface area contributed by atoms with Crippen LogP contribution in [-0.2, 0) is 4.79 Å². The monoisotopic (exact) mass is 209 g/mol. The Morgan fingerprint density at radius 2 is 1.93 bits per heavy atom. The Hall–Kier alpha value is -1.08. The van der Waals surface area contributed by atoms with Crippen LogP contribution in [0.1, 0.15) is 39.5 Å². The number of nitrogens with one attached hydrogen (secondary N) is 1. The molecule has 1 aliphatic carbocycles. The van der Waals surface area contributed by atoms with Gasteiger partial charge in [-0.2, -0.15) is 5.26 Å². The highest BCUT2D eigenvalue weighted by molar-refractivity contribution is 5.86. The third-order valence-electron chi connectivity index (χ3n) is 3.28. The molecule has 0 unspecified atom stereocenters. The fourth-order valence-electron chi connectivity index (χ4n) is 1.90. The van der Waals surface area contributed by atoms with Gasteiger partial charge in [-0.05, 0) is 31.1 Å². The molecule has 1 saturated carbocycles. The maximum atomic E-state index is 11.7. The van der Waals surface area contributed by atoms with E-state index in [-0.39, 0.29) is 12.5 Å². The van der Waals surface area contributed by atoms with Gasteiger partial charge < -0.3 is 11.1 Å². The van der Waals surface area contributed by atoms with Gasteiger partial charge in [0.2, 0.25) is 5.91 Å². The smallest absolute Gasteiger partial charge is 0.240 e. The normalized spacial score (nSPS) is 22.8. The molecular weight excluding hydrogens is 190 g/mol. The Morgan fingerprint density at radius 3 is 2.40 bits per heavy atom. The van der Waals surface area contributed by atoms with Crippen molar-refractivity contribution >= 4 is 5.91 Å². The van der Waals surface area contributed by atoms with Gasteiger partial charge in [0, 0.05) is 0 Å². The first-order valence-electron chi connectivity index (χ1n) is 5.34. The number of carbonyl (C=O) groups excluding carboxylic acids is 1. The SMILES string of the molecule is CC1(C)CCC(N)(C(=O)NCC#N)CC1. The van der Waals surface area contributed by atoms with Gasteiger partial charge in [-0.3, -0.25) is 4.79 Å². The van der Waals surface area contributed by atoms with Crippen LogP contribution in [0.25, 0.3) is 0 Å². The number of carbonyl (C=O) groups is 1. The van der Waals surface area contributed by atoms with Gasteiger partial charge in [-0.25, -0.2) is 0 Å². The molecule has 0 spiro atoms. The first-order chi connectivity index (χ1) is 6.90. The number of hydrogen-bond acceptors (Lipinski definition) is 3. The molecule has 0 saturated heterocycles. The van der Waals surface area contributed by atoms with E-state index in [0.29, 0.717) is 18.3 Å². The molecule has 1 rings (SSSR count). The second-order valence-corrected chi connectivity index (χ2v) is 5.16. The van der Waals surface area contributed by atoms with Crippen molar-refractivity contribution < 1.29 is 4.79 Å². The lowest BCUT2D eigenvalue weighted by atomic mass is 9.69. The number of hydrogen-bond donors (Lipinski definition) is 2. The van der Waals surface area contributed by atoms with Crippen LogP contribution in [0.5, 0.6) is 0 Å². The lowest BCUT2D eigenvalue weighted by molar-refractivity contribution is -0.128. The molecule has 1 amide bonds. The first kappa shape index (κ1) is 12.0. The predicted molar refractivity (Wildman–Crippen MR) is 57.8 cm³/mol. The Morgan fingerprint density at radius 1 is 1.40 bits per heavy atom. The van der Waals surface area contributed by atoms with Crippen LogP contribution in [0.15, 0.2) is 0 Å². The summed E-state index contributed by atoms with van der Waals surface area (Å²) in [5.74, 6) is -0.181. The summed E-state index contributed by atoms with van der Waals surface area (Å²) in [7, 11) is 0. The van der Waals surface area contributed by atoms with Gasteiger partial charge in [-0.1, -0.05) is 13.8 Å². The van der Waals surface area contributed by atoms with Crippen molar-refractivity contribution in [3.8, 4) is 6.07 Å². The van der Waals surface area contributed by atoms with E-state index in [9.17, 15) is 4.79 Å². The van der Waals surface area contributed by atoms with E-state index in [2.05, 4.69) is 19.2 Å². The van der Waals surface area contributed by atoms with E-state index in [1.54, 1.807) is 0 Å². The van der Waals surface area contributed by atoms with Crippen molar-refractivity contribution in [3.63, 3.8) is 0 Å². The molecule has 0 aromatic heterocycles. The zero-order valence-corrected chi connectivity index (χ0v) is 9.47. The highest BCUT2D eigenvalue weighted by Gasteiger charge is 2.40. The minimum Gasteiger partial charge on any atom is -0.341 e. The number of rotatable bonds is 2. The van der Waals surface area contributed by atoms with Gasteiger partial charge in [0.15, 0.2) is 0 Å². The molecule has 84 valence electrons. The van der Waals surface area contributed by atoms with Crippen molar-refractivity contribution in [1.82, 2.24) is 5.32 Å². The zero-order valence-electron chi connectivity index (χ0n) is 9.47. The highest BCUT2D eigenvalue weighted by Crippen LogP contribution is 2.38. The van der Waals surface area contributed by atoms with Crippen molar-refractivity contribution in [2.24, 2.45) is 11.1 Å². The van der Waals surface area contributed by atoms with Crippen LogP contribution in [0.2, 0.25) is 0 Å². The van der Waals surface area contributed by atoms with Crippen molar-refractivity contribution in [2.75, 3.05) is 6.54 Å². The Balaban J connectivity index is 2.55. The molecular formula is C11H19N3O. The van der Waals surface area contributed by atoms with Gasteiger partial charge in [-0.15, -0.1) is 0 Å². The van der Waals surface area contributed by atoms with Crippen LogP contribution >= 0.6 is 0 Å². The summed E-state index contributed by atoms with van der Waals surface area (Å²) in [6.07, 6.45) is 3.33. The van der Waals surface area contributed by atoms with E-state index >= 15 is 0 Å². The topological polar surface area (TPSA) is 78.9 Å². The average molecular weight is 209 g/mol. The van der Waals surface area contributed by atoms with E-state index < -0.39 is 5.54 Å². The molecule has 4 nitrogen and oxygen atoms in total. The quantitative estimate of drug-likeness (QED) is 0.664. The molecule has 0 aromatic carbocycles. The average Bonchev–Trinajstić information content (AvgIpc) is 2.19. The molecule has 1 fully saturated rings. The van der Waals surface area contributed by atoms with E-state index in [4.69, 9.17) is 11.0 Å². The van der Waals surface area contributed by atoms with Gasteiger partial charge >= 0.3 is 0 Å². The number of nitrogens with two attached hydrogens (primary N) is 1. The Kier molecular flexibility index (Phi) is 3.35. The molecule has 0 bridgehead atoms. The molecule has 4 heteroatoms. The number of amides is 1. The third kappa shape index (κ3) is 2.93. The molecule has 1 aliphatic rings. The summed E-state index contributed by atoms with van der Waals surface area (Å²) in [6.45, 7) is 4.43. The number of nitrogens with zero attached hydrogens (tertiary/aromatic N) is 1. The Labute approximate surface area is 90.8 Å². The van der Waals surface area contributed by atoms with E-state index in [1.165, 1.54) is 0 Å². The van der Waals surface area contributed by atoms with Crippen LogP contribution in [0.4, 0.5) is 0 Å². The van der Waals surface area contributed by atoms with Gasteiger partial charge in [0.05, 0.1) is 11.6 Å². The molecule has 0 atom stereocenters. The highest BCUT2D eigenvalue weighted by atomic mass is 16.2. The second-order valence-electron chi connectivity index (χ2n) is 5.16. The molecule has 15 heavy (non-hydrogen) atoms. The van der Waals surface area contributed by atoms with E-state index in [1.807, 2.05) is 6.07 Å². The lowest BCUT2D eigenvalue weighted by Crippen LogP contribution is -2.56. The summed E-state index contributed by atoms with van der Waals surface area (Å²) in [6, 6.07) is 1.88. The second kappa shape index (κ2) is 4.19. The van der Waals surface area contributed by atoms with Crippen LogP contribution in [0, 0.1) is 16.7 Å². The minimum absolute atomic E-state index is 0.0428. The standard InChI is InChI=1S/C11H19N3O/c1-10(2)3-5-11(13,6-4-10)9(15)14-8-7-12/h3-6,8,13H2,1-2H3,(H,14,15). The largest absolute Gasteiger partial charge is 0.341 e. The maximum Gasteiger partial charge on any atom is 0.240 e. The minimum atomic E-state index is -0.758. The van der Waals surface area contributed by atoms with E-state index in [0.717, 1.165) is 12.8 Å². The van der Waals surface area contributed by atoms with Crippen molar-refractivity contribution in [1.29, 1.82) is 5.26 Å². The molecule has 3 N–H and O–H groups in total. The summed E-state index contributed by atoms with van der Waals surface area (Å²) in [5.41, 5.74) is 5.58. The third-order valence-corrected chi connectivity index (χ3v) is 3.28. The molecule has 0 heterocycles. The van der Waals surface area contributed by atoms with Crippen molar-refractivity contribution in [2.45, 2.75) is 45.1 Å². The van der Waals surface area contributed by atoms with Gasteiger partial charge in [0.25, 0.3) is 0 Å². The predicted octanol–water partition coefficient (Wildman–Crippen LogP) is 0.924. The fourth-order valence-corrected chi connectivity index (χ4v) is 1.90. The zero-order chi connectivity index (χ0) is 11.5.